The first-order valence-electron chi connectivity index (χ1n) is 10.3. The number of aliphatic hydroxyl groups is 2. The molecule has 0 aliphatic carbocycles. The SMILES string of the molecule is C=CCO[C@@H]1[C@H]2OC(C)(C)O[C@H]2O[C@@H]1CO[C@@H]1[C@H]2OC(C)(C)O[C@H]2O[C@@H]1[C@H](O)CO. The van der Waals surface area contributed by atoms with E-state index in [0.29, 0.717) is 6.61 Å². The molecule has 0 bridgehead atoms. The molecule has 0 spiro atoms. The van der Waals surface area contributed by atoms with Crippen molar-refractivity contribution in [3.8, 4) is 0 Å². The quantitative estimate of drug-likeness (QED) is 0.510. The summed E-state index contributed by atoms with van der Waals surface area (Å²) in [4.78, 5) is 0. The predicted molar refractivity (Wildman–Crippen MR) is 100 cm³/mol. The Balaban J connectivity index is 1.44. The van der Waals surface area contributed by atoms with Crippen molar-refractivity contribution in [2.45, 2.75) is 94.6 Å². The van der Waals surface area contributed by atoms with E-state index < -0.39 is 73.5 Å². The number of rotatable bonds is 8. The lowest BCUT2D eigenvalue weighted by atomic mass is 10.1. The molecule has 0 amide bonds. The Morgan fingerprint density at radius 3 is 2.13 bits per heavy atom. The van der Waals surface area contributed by atoms with Gasteiger partial charge in [-0.15, -0.1) is 6.58 Å². The Labute approximate surface area is 175 Å². The van der Waals surface area contributed by atoms with Crippen LogP contribution in [0.1, 0.15) is 27.7 Å². The molecular weight excluding hydrogens is 400 g/mol. The highest BCUT2D eigenvalue weighted by atomic mass is 16.9. The Hall–Kier alpha value is -0.660. The Morgan fingerprint density at radius 1 is 0.933 bits per heavy atom. The molecule has 4 fully saturated rings. The van der Waals surface area contributed by atoms with Crippen LogP contribution >= 0.6 is 0 Å². The van der Waals surface area contributed by atoms with Crippen molar-refractivity contribution in [3.63, 3.8) is 0 Å². The molecule has 0 aromatic heterocycles. The molecule has 0 aromatic carbocycles. The summed E-state index contributed by atoms with van der Waals surface area (Å²) in [7, 11) is 0. The normalized spacial score (nSPS) is 44.7. The van der Waals surface area contributed by atoms with Crippen molar-refractivity contribution in [1.29, 1.82) is 0 Å². The van der Waals surface area contributed by atoms with Crippen LogP contribution in [0, 0.1) is 0 Å². The molecule has 4 rings (SSSR count). The van der Waals surface area contributed by atoms with Crippen LogP contribution in [0.2, 0.25) is 0 Å². The molecule has 0 aromatic rings. The van der Waals surface area contributed by atoms with Gasteiger partial charge in [-0.25, -0.2) is 0 Å². The second-order valence-corrected chi connectivity index (χ2v) is 8.85. The molecule has 4 saturated heterocycles. The van der Waals surface area contributed by atoms with Crippen LogP contribution in [0.5, 0.6) is 0 Å². The van der Waals surface area contributed by atoms with E-state index in [-0.39, 0.29) is 6.61 Å². The zero-order chi connectivity index (χ0) is 21.7. The molecule has 4 aliphatic rings. The Kier molecular flexibility index (Phi) is 6.28. The fraction of sp³-hybridized carbons (Fsp3) is 0.900. The van der Waals surface area contributed by atoms with Crippen molar-refractivity contribution in [2.24, 2.45) is 0 Å². The van der Waals surface area contributed by atoms with Crippen LogP contribution < -0.4 is 0 Å². The molecule has 9 atom stereocenters. The van der Waals surface area contributed by atoms with Crippen LogP contribution in [0.15, 0.2) is 12.7 Å². The molecule has 10 heteroatoms. The maximum Gasteiger partial charge on any atom is 0.190 e. The maximum atomic E-state index is 10.2. The minimum absolute atomic E-state index is 0.123. The zero-order valence-electron chi connectivity index (χ0n) is 17.8. The molecule has 30 heavy (non-hydrogen) atoms. The van der Waals surface area contributed by atoms with Gasteiger partial charge in [0.25, 0.3) is 0 Å². The molecule has 0 saturated carbocycles. The van der Waals surface area contributed by atoms with Gasteiger partial charge in [0, 0.05) is 0 Å². The van der Waals surface area contributed by atoms with E-state index in [0.717, 1.165) is 0 Å². The van der Waals surface area contributed by atoms with E-state index >= 15 is 0 Å². The van der Waals surface area contributed by atoms with E-state index in [2.05, 4.69) is 6.58 Å². The molecule has 0 radical (unpaired) electrons. The monoisotopic (exact) mass is 432 g/mol. The number of ether oxygens (including phenoxy) is 8. The first kappa shape index (κ1) is 22.5. The van der Waals surface area contributed by atoms with Crippen LogP contribution in [-0.4, -0.2) is 96.9 Å². The fourth-order valence-corrected chi connectivity index (χ4v) is 4.38. The molecule has 4 heterocycles. The Morgan fingerprint density at radius 2 is 1.53 bits per heavy atom. The highest BCUT2D eigenvalue weighted by Crippen LogP contribution is 2.42. The summed E-state index contributed by atoms with van der Waals surface area (Å²) in [5.74, 6) is -1.60. The van der Waals surface area contributed by atoms with E-state index in [4.69, 9.17) is 37.9 Å². The summed E-state index contributed by atoms with van der Waals surface area (Å²) in [6.45, 7) is 10.9. The van der Waals surface area contributed by atoms with Gasteiger partial charge in [0.1, 0.15) is 42.7 Å². The van der Waals surface area contributed by atoms with Gasteiger partial charge in [0.2, 0.25) is 0 Å². The molecule has 10 nitrogen and oxygen atoms in total. The minimum Gasteiger partial charge on any atom is -0.394 e. The van der Waals surface area contributed by atoms with Gasteiger partial charge >= 0.3 is 0 Å². The lowest BCUT2D eigenvalue weighted by Crippen LogP contribution is -2.46. The third-order valence-electron chi connectivity index (χ3n) is 5.54. The topological polar surface area (TPSA) is 114 Å². The van der Waals surface area contributed by atoms with Crippen molar-refractivity contribution in [2.75, 3.05) is 19.8 Å². The van der Waals surface area contributed by atoms with Crippen molar-refractivity contribution >= 4 is 0 Å². The third-order valence-corrected chi connectivity index (χ3v) is 5.54. The lowest BCUT2D eigenvalue weighted by Gasteiger charge is -2.30. The standard InChI is InChI=1S/C20H32O10/c1-6-7-23-13-11(25-17-15(13)27-19(2,3)29-17)9-24-14-12(10(22)8-21)26-18-16(14)28-20(4,5)30-18/h6,10-18,21-22H,1,7-9H2,2-5H3/t10-,11-,12-,13+,14+,15-,16-,17-,18-/m1/s1. The van der Waals surface area contributed by atoms with Crippen LogP contribution in [0.3, 0.4) is 0 Å². The summed E-state index contributed by atoms with van der Waals surface area (Å²) in [6, 6.07) is 0. The number of hydrogen-bond acceptors (Lipinski definition) is 10. The number of fused-ring (bicyclic) bond motifs is 2. The average molecular weight is 432 g/mol. The van der Waals surface area contributed by atoms with E-state index in [1.165, 1.54) is 0 Å². The predicted octanol–water partition coefficient (Wildman–Crippen LogP) is 0.0488. The molecular formula is C20H32O10. The molecule has 4 aliphatic heterocycles. The lowest BCUT2D eigenvalue weighted by molar-refractivity contribution is -0.241. The fourth-order valence-electron chi connectivity index (χ4n) is 4.38. The largest absolute Gasteiger partial charge is 0.394 e. The summed E-state index contributed by atoms with van der Waals surface area (Å²) in [5, 5.41) is 19.6. The van der Waals surface area contributed by atoms with E-state index in [1.54, 1.807) is 19.9 Å². The maximum absolute atomic E-state index is 10.2. The minimum atomic E-state index is -1.14. The Bertz CT molecular complexity index is 625. The van der Waals surface area contributed by atoms with Crippen molar-refractivity contribution in [1.82, 2.24) is 0 Å². The first-order chi connectivity index (χ1) is 14.1. The number of aliphatic hydroxyl groups excluding tert-OH is 2. The molecule has 2 N–H and O–H groups in total. The second-order valence-electron chi connectivity index (χ2n) is 8.85. The molecule has 172 valence electrons. The van der Waals surface area contributed by atoms with Gasteiger partial charge in [0.05, 0.1) is 19.8 Å². The van der Waals surface area contributed by atoms with Crippen LogP contribution in [-0.2, 0) is 37.9 Å². The van der Waals surface area contributed by atoms with Crippen LogP contribution in [0.25, 0.3) is 0 Å². The van der Waals surface area contributed by atoms with Gasteiger partial charge in [-0.2, -0.15) is 0 Å². The summed E-state index contributed by atoms with van der Waals surface area (Å²) in [6.07, 6.45) is -4.07. The smallest absolute Gasteiger partial charge is 0.190 e. The van der Waals surface area contributed by atoms with Gasteiger partial charge in [-0.1, -0.05) is 6.08 Å². The highest BCUT2D eigenvalue weighted by molar-refractivity contribution is 4.99. The average Bonchev–Trinajstić information content (AvgIpc) is 3.33. The van der Waals surface area contributed by atoms with Gasteiger partial charge < -0.3 is 48.1 Å². The summed E-state index contributed by atoms with van der Waals surface area (Å²) < 4.78 is 47.2. The van der Waals surface area contributed by atoms with E-state index in [9.17, 15) is 10.2 Å². The van der Waals surface area contributed by atoms with E-state index in [1.807, 2.05) is 13.8 Å². The summed E-state index contributed by atoms with van der Waals surface area (Å²) in [5.41, 5.74) is 0. The van der Waals surface area contributed by atoms with Gasteiger partial charge in [0.15, 0.2) is 24.2 Å². The molecule has 0 unspecified atom stereocenters. The summed E-state index contributed by atoms with van der Waals surface area (Å²) >= 11 is 0. The second kappa shape index (κ2) is 8.36. The zero-order valence-corrected chi connectivity index (χ0v) is 17.8. The van der Waals surface area contributed by atoms with Gasteiger partial charge in [-0.3, -0.25) is 0 Å². The highest BCUT2D eigenvalue weighted by Gasteiger charge is 2.59. The first-order valence-corrected chi connectivity index (χ1v) is 10.3. The van der Waals surface area contributed by atoms with Crippen LogP contribution in [0.4, 0.5) is 0 Å². The third kappa shape index (κ3) is 4.31. The van der Waals surface area contributed by atoms with Gasteiger partial charge in [-0.05, 0) is 27.7 Å². The van der Waals surface area contributed by atoms with Crippen molar-refractivity contribution < 1.29 is 48.1 Å². The number of hydrogen-bond donors (Lipinski definition) is 2. The van der Waals surface area contributed by atoms with Crippen molar-refractivity contribution in [3.05, 3.63) is 12.7 Å².